The van der Waals surface area contributed by atoms with Gasteiger partial charge in [-0.3, -0.25) is 9.55 Å². The third-order valence-corrected chi connectivity index (χ3v) is 4.54. The molecule has 1 heterocycles. The fourth-order valence-electron chi connectivity index (χ4n) is 1.24. The molecule has 0 aliphatic heterocycles. The average molecular weight is 308 g/mol. The summed E-state index contributed by atoms with van der Waals surface area (Å²) in [5, 5.41) is 0. The smallest absolute Gasteiger partial charge is 0.309 e. The van der Waals surface area contributed by atoms with Crippen LogP contribution in [-0.2, 0) is 19.8 Å². The summed E-state index contributed by atoms with van der Waals surface area (Å²) in [5.74, 6) is 0. The molecule has 0 unspecified atom stereocenters. The van der Waals surface area contributed by atoms with E-state index in [1.165, 1.54) is 0 Å². The molecule has 1 aromatic heterocycles. The van der Waals surface area contributed by atoms with Gasteiger partial charge in [-0.1, -0.05) is 0 Å². The molecule has 0 saturated heterocycles. The minimum absolute atomic E-state index is 0.191. The molecule has 90 valence electrons. The van der Waals surface area contributed by atoms with E-state index in [0.29, 0.717) is 18.9 Å². The van der Waals surface area contributed by atoms with Crippen molar-refractivity contribution in [3.63, 3.8) is 0 Å². The minimum atomic E-state index is -3.06. The van der Waals surface area contributed by atoms with Crippen molar-refractivity contribution < 1.29 is 13.6 Å². The number of nitrogens with zero attached hydrogens (tertiary/aromatic N) is 1. The summed E-state index contributed by atoms with van der Waals surface area (Å²) in [4.78, 5) is 4.15. The predicted molar refractivity (Wildman–Crippen MR) is 66.5 cm³/mol. The van der Waals surface area contributed by atoms with E-state index in [-0.39, 0.29) is 6.16 Å². The molecule has 0 aromatic carbocycles. The fraction of sp³-hybridized carbons (Fsp3) is 0.500. The molecular weight excluding hydrogens is 293 g/mol. The summed E-state index contributed by atoms with van der Waals surface area (Å²) < 4.78 is 23.4. The summed E-state index contributed by atoms with van der Waals surface area (Å²) in [6, 6.07) is 3.66. The average Bonchev–Trinajstić information content (AvgIpc) is 2.22. The molecule has 0 fully saturated rings. The highest BCUT2D eigenvalue weighted by Gasteiger charge is 2.25. The van der Waals surface area contributed by atoms with E-state index in [0.717, 1.165) is 4.47 Å². The molecule has 0 atom stereocenters. The van der Waals surface area contributed by atoms with E-state index in [2.05, 4.69) is 20.9 Å². The fourth-order valence-corrected chi connectivity index (χ4v) is 3.51. The van der Waals surface area contributed by atoms with Gasteiger partial charge in [0.25, 0.3) is 0 Å². The van der Waals surface area contributed by atoms with Gasteiger partial charge in [-0.15, -0.1) is 0 Å². The van der Waals surface area contributed by atoms with Gasteiger partial charge in [0.15, 0.2) is 0 Å². The Hall–Kier alpha value is -0.220. The van der Waals surface area contributed by atoms with Crippen molar-refractivity contribution in [1.29, 1.82) is 0 Å². The molecule has 0 N–H and O–H groups in total. The molecule has 16 heavy (non-hydrogen) atoms. The van der Waals surface area contributed by atoms with Gasteiger partial charge < -0.3 is 9.05 Å². The number of aromatic nitrogens is 1. The molecule has 0 aliphatic carbocycles. The van der Waals surface area contributed by atoms with Crippen LogP contribution in [0.3, 0.4) is 0 Å². The molecule has 0 bridgehead atoms. The molecule has 0 amide bonds. The van der Waals surface area contributed by atoms with Crippen LogP contribution in [0.2, 0.25) is 0 Å². The van der Waals surface area contributed by atoms with Gasteiger partial charge >= 0.3 is 7.60 Å². The maximum atomic E-state index is 12.2. The SMILES string of the molecule is CCOP(=O)(Cc1ncccc1Br)OCC. The second-order valence-corrected chi connectivity index (χ2v) is 5.95. The van der Waals surface area contributed by atoms with Crippen LogP contribution in [-0.4, -0.2) is 18.2 Å². The van der Waals surface area contributed by atoms with Crippen LogP contribution in [0.15, 0.2) is 22.8 Å². The second-order valence-electron chi connectivity index (χ2n) is 3.04. The van der Waals surface area contributed by atoms with Crippen molar-refractivity contribution >= 4 is 23.5 Å². The van der Waals surface area contributed by atoms with Gasteiger partial charge in [-0.25, -0.2) is 0 Å². The van der Waals surface area contributed by atoms with Gasteiger partial charge in [0.1, 0.15) is 0 Å². The molecule has 0 saturated carbocycles. The van der Waals surface area contributed by atoms with Crippen LogP contribution >= 0.6 is 23.5 Å². The van der Waals surface area contributed by atoms with Crippen LogP contribution in [0.4, 0.5) is 0 Å². The summed E-state index contributed by atoms with van der Waals surface area (Å²) in [6.45, 7) is 4.31. The number of hydrogen-bond donors (Lipinski definition) is 0. The van der Waals surface area contributed by atoms with E-state index in [4.69, 9.17) is 9.05 Å². The van der Waals surface area contributed by atoms with Crippen LogP contribution in [0, 0.1) is 0 Å². The minimum Gasteiger partial charge on any atom is -0.309 e. The molecular formula is C10H15BrNO3P. The number of halogens is 1. The zero-order chi connectivity index (χ0) is 12.0. The van der Waals surface area contributed by atoms with Crippen LogP contribution in [0.1, 0.15) is 19.5 Å². The Kier molecular flexibility index (Phi) is 5.62. The van der Waals surface area contributed by atoms with Crippen molar-refractivity contribution in [2.24, 2.45) is 0 Å². The Morgan fingerprint density at radius 1 is 1.38 bits per heavy atom. The molecule has 0 spiro atoms. The first-order chi connectivity index (χ1) is 7.61. The topological polar surface area (TPSA) is 48.4 Å². The Labute approximate surface area is 104 Å². The summed E-state index contributed by atoms with van der Waals surface area (Å²) >= 11 is 3.36. The van der Waals surface area contributed by atoms with Gasteiger partial charge in [0, 0.05) is 10.7 Å². The van der Waals surface area contributed by atoms with Gasteiger partial charge in [-0.05, 0) is 41.9 Å². The van der Waals surface area contributed by atoms with Crippen molar-refractivity contribution in [1.82, 2.24) is 4.98 Å². The van der Waals surface area contributed by atoms with E-state index in [9.17, 15) is 4.57 Å². The highest BCUT2D eigenvalue weighted by atomic mass is 79.9. The zero-order valence-electron chi connectivity index (χ0n) is 9.35. The summed E-state index contributed by atoms with van der Waals surface area (Å²) in [6.07, 6.45) is 1.85. The lowest BCUT2D eigenvalue weighted by Gasteiger charge is -2.16. The normalized spacial score (nSPS) is 11.7. The maximum Gasteiger partial charge on any atom is 0.336 e. The first-order valence-electron chi connectivity index (χ1n) is 5.09. The predicted octanol–water partition coefficient (Wildman–Crippen LogP) is 3.61. The highest BCUT2D eigenvalue weighted by Crippen LogP contribution is 2.51. The zero-order valence-corrected chi connectivity index (χ0v) is 11.8. The van der Waals surface area contributed by atoms with Crippen LogP contribution in [0.5, 0.6) is 0 Å². The van der Waals surface area contributed by atoms with E-state index in [1.807, 2.05) is 6.07 Å². The Balaban J connectivity index is 2.83. The Bertz CT molecular complexity index is 376. The van der Waals surface area contributed by atoms with Gasteiger partial charge in [0.2, 0.25) is 0 Å². The van der Waals surface area contributed by atoms with Gasteiger partial charge in [0.05, 0.1) is 25.1 Å². The van der Waals surface area contributed by atoms with Gasteiger partial charge in [-0.2, -0.15) is 0 Å². The molecule has 1 aromatic rings. The Morgan fingerprint density at radius 3 is 2.50 bits per heavy atom. The first kappa shape index (κ1) is 13.8. The van der Waals surface area contributed by atoms with Crippen molar-refractivity contribution in [3.05, 3.63) is 28.5 Å². The third-order valence-electron chi connectivity index (χ3n) is 1.83. The lowest BCUT2D eigenvalue weighted by atomic mass is 10.4. The largest absolute Gasteiger partial charge is 0.336 e. The maximum absolute atomic E-state index is 12.2. The van der Waals surface area contributed by atoms with Crippen LogP contribution < -0.4 is 0 Å². The first-order valence-corrected chi connectivity index (χ1v) is 7.61. The van der Waals surface area contributed by atoms with E-state index in [1.54, 1.807) is 26.1 Å². The quantitative estimate of drug-likeness (QED) is 0.753. The van der Waals surface area contributed by atoms with E-state index < -0.39 is 7.60 Å². The standard InChI is InChI=1S/C10H15BrNO3P/c1-3-14-16(13,15-4-2)8-10-9(11)6-5-7-12-10/h5-7H,3-4,8H2,1-2H3. The molecule has 0 radical (unpaired) electrons. The lowest BCUT2D eigenvalue weighted by Crippen LogP contribution is -2.01. The summed E-state index contributed by atoms with van der Waals surface area (Å²) in [7, 11) is -3.06. The van der Waals surface area contributed by atoms with Crippen LogP contribution in [0.25, 0.3) is 0 Å². The highest BCUT2D eigenvalue weighted by molar-refractivity contribution is 9.10. The van der Waals surface area contributed by atoms with Crippen molar-refractivity contribution in [3.8, 4) is 0 Å². The van der Waals surface area contributed by atoms with Crippen molar-refractivity contribution in [2.45, 2.75) is 20.0 Å². The van der Waals surface area contributed by atoms with E-state index >= 15 is 0 Å². The Morgan fingerprint density at radius 2 is 2.00 bits per heavy atom. The monoisotopic (exact) mass is 307 g/mol. The number of pyridine rings is 1. The molecule has 1 rings (SSSR count). The number of rotatable bonds is 6. The molecule has 0 aliphatic rings. The third kappa shape index (κ3) is 3.98. The summed E-state index contributed by atoms with van der Waals surface area (Å²) in [5.41, 5.74) is 0.688. The second kappa shape index (κ2) is 6.50. The van der Waals surface area contributed by atoms with Crippen molar-refractivity contribution in [2.75, 3.05) is 13.2 Å². The molecule has 6 heteroatoms. The number of hydrogen-bond acceptors (Lipinski definition) is 4. The lowest BCUT2D eigenvalue weighted by molar-refractivity contribution is 0.219. The molecule has 4 nitrogen and oxygen atoms in total.